The lowest BCUT2D eigenvalue weighted by Crippen LogP contribution is -2.29. The van der Waals surface area contributed by atoms with Crippen LogP contribution in [0.25, 0.3) is 0 Å². The second kappa shape index (κ2) is 9.64. The predicted molar refractivity (Wildman–Crippen MR) is 103 cm³/mol. The van der Waals surface area contributed by atoms with Crippen LogP contribution in [0.2, 0.25) is 5.02 Å². The molecule has 0 aliphatic heterocycles. The van der Waals surface area contributed by atoms with Crippen LogP contribution in [0.15, 0.2) is 29.8 Å². The van der Waals surface area contributed by atoms with Gasteiger partial charge in [-0.15, -0.1) is 0 Å². The summed E-state index contributed by atoms with van der Waals surface area (Å²) in [6, 6.07) is 5.09. The highest BCUT2D eigenvalue weighted by Gasteiger charge is 2.12. The second-order valence-corrected chi connectivity index (χ2v) is 6.47. The molecular formula is C18H23ClN2O2S. The van der Waals surface area contributed by atoms with Crippen molar-refractivity contribution in [1.29, 1.82) is 0 Å². The number of allylic oxidation sites excluding steroid dienone is 1. The first-order valence-electron chi connectivity index (χ1n) is 8.29. The van der Waals surface area contributed by atoms with Crippen molar-refractivity contribution < 1.29 is 9.53 Å². The summed E-state index contributed by atoms with van der Waals surface area (Å²) in [6.45, 7) is 2.87. The van der Waals surface area contributed by atoms with Crippen LogP contribution in [0.3, 0.4) is 0 Å². The summed E-state index contributed by atoms with van der Waals surface area (Å²) >= 11 is 11.4. The van der Waals surface area contributed by atoms with E-state index >= 15 is 0 Å². The molecule has 24 heavy (non-hydrogen) atoms. The topological polar surface area (TPSA) is 50.4 Å². The molecule has 1 aliphatic carbocycles. The standard InChI is InChI=1S/C18H23ClN2O2S/c1-2-23-17(22)15-12-14(8-9-16(15)19)21-18(24)20-11-10-13-6-4-3-5-7-13/h6,8-9,12H,2-5,7,10-11H2,1H3,(H2,20,21,24). The molecule has 4 nitrogen and oxygen atoms in total. The Morgan fingerprint density at radius 2 is 2.21 bits per heavy atom. The number of thiocarbonyl (C=S) groups is 1. The largest absolute Gasteiger partial charge is 0.462 e. The summed E-state index contributed by atoms with van der Waals surface area (Å²) in [5, 5.41) is 7.17. The van der Waals surface area contributed by atoms with Gasteiger partial charge in [-0.3, -0.25) is 0 Å². The van der Waals surface area contributed by atoms with E-state index in [0.717, 1.165) is 13.0 Å². The first-order chi connectivity index (χ1) is 11.6. The van der Waals surface area contributed by atoms with Gasteiger partial charge in [-0.05, 0) is 69.4 Å². The van der Waals surface area contributed by atoms with E-state index in [1.54, 1.807) is 25.1 Å². The van der Waals surface area contributed by atoms with Crippen molar-refractivity contribution in [3.05, 3.63) is 40.4 Å². The van der Waals surface area contributed by atoms with Crippen LogP contribution in [-0.2, 0) is 4.74 Å². The number of carbonyl (C=O) groups excluding carboxylic acids is 1. The van der Waals surface area contributed by atoms with Gasteiger partial charge in [0.25, 0.3) is 0 Å². The molecule has 0 aromatic heterocycles. The van der Waals surface area contributed by atoms with Crippen LogP contribution >= 0.6 is 23.8 Å². The minimum atomic E-state index is -0.436. The summed E-state index contributed by atoms with van der Waals surface area (Å²) in [6.07, 6.45) is 8.33. The van der Waals surface area contributed by atoms with E-state index in [9.17, 15) is 4.79 Å². The molecule has 2 N–H and O–H groups in total. The molecule has 1 aliphatic rings. The Bertz CT molecular complexity index is 631. The Morgan fingerprint density at radius 3 is 2.92 bits per heavy atom. The number of anilines is 1. The van der Waals surface area contributed by atoms with Gasteiger partial charge in [0, 0.05) is 12.2 Å². The van der Waals surface area contributed by atoms with Gasteiger partial charge in [-0.25, -0.2) is 4.79 Å². The summed E-state index contributed by atoms with van der Waals surface area (Å²) in [5.74, 6) is -0.436. The smallest absolute Gasteiger partial charge is 0.339 e. The molecule has 1 aromatic rings. The number of halogens is 1. The van der Waals surface area contributed by atoms with Crippen molar-refractivity contribution in [2.75, 3.05) is 18.5 Å². The zero-order chi connectivity index (χ0) is 17.4. The van der Waals surface area contributed by atoms with Gasteiger partial charge < -0.3 is 15.4 Å². The van der Waals surface area contributed by atoms with Crippen molar-refractivity contribution in [1.82, 2.24) is 5.32 Å². The number of benzene rings is 1. The second-order valence-electron chi connectivity index (χ2n) is 5.65. The molecule has 0 saturated carbocycles. The van der Waals surface area contributed by atoms with Gasteiger partial charge >= 0.3 is 5.97 Å². The van der Waals surface area contributed by atoms with E-state index in [-0.39, 0.29) is 0 Å². The first kappa shape index (κ1) is 18.7. The molecule has 0 heterocycles. The lowest BCUT2D eigenvalue weighted by molar-refractivity contribution is 0.0526. The Labute approximate surface area is 153 Å². The fraction of sp³-hybridized carbons (Fsp3) is 0.444. The number of rotatable bonds is 6. The lowest BCUT2D eigenvalue weighted by Gasteiger charge is -2.15. The quantitative estimate of drug-likeness (QED) is 0.434. The molecule has 0 unspecified atom stereocenters. The van der Waals surface area contributed by atoms with E-state index in [4.69, 9.17) is 28.6 Å². The fourth-order valence-electron chi connectivity index (χ4n) is 2.61. The Morgan fingerprint density at radius 1 is 1.38 bits per heavy atom. The summed E-state index contributed by atoms with van der Waals surface area (Å²) in [5.41, 5.74) is 2.54. The van der Waals surface area contributed by atoms with Crippen LogP contribution in [-0.4, -0.2) is 24.2 Å². The minimum absolute atomic E-state index is 0.308. The van der Waals surface area contributed by atoms with E-state index in [0.29, 0.717) is 28.0 Å². The first-order valence-corrected chi connectivity index (χ1v) is 9.08. The van der Waals surface area contributed by atoms with Gasteiger partial charge in [-0.1, -0.05) is 23.3 Å². The van der Waals surface area contributed by atoms with Crippen molar-refractivity contribution in [3.63, 3.8) is 0 Å². The zero-order valence-electron chi connectivity index (χ0n) is 13.9. The normalized spacial score (nSPS) is 13.8. The third-order valence-electron chi connectivity index (χ3n) is 3.84. The highest BCUT2D eigenvalue weighted by atomic mass is 35.5. The van der Waals surface area contributed by atoms with Crippen molar-refractivity contribution >= 4 is 40.6 Å². The van der Waals surface area contributed by atoms with Crippen LogP contribution < -0.4 is 10.6 Å². The number of carbonyl (C=O) groups is 1. The van der Waals surface area contributed by atoms with E-state index in [1.165, 1.54) is 31.3 Å². The number of nitrogens with one attached hydrogen (secondary N) is 2. The summed E-state index contributed by atoms with van der Waals surface area (Å²) in [4.78, 5) is 11.9. The third-order valence-corrected chi connectivity index (χ3v) is 4.41. The molecule has 1 aromatic carbocycles. The minimum Gasteiger partial charge on any atom is -0.462 e. The Balaban J connectivity index is 1.85. The van der Waals surface area contributed by atoms with Gasteiger partial charge in [0.1, 0.15) is 0 Å². The van der Waals surface area contributed by atoms with Gasteiger partial charge in [0.2, 0.25) is 0 Å². The molecule has 0 fully saturated rings. The molecule has 0 bridgehead atoms. The molecule has 0 amide bonds. The number of hydrogen-bond donors (Lipinski definition) is 2. The molecule has 0 spiro atoms. The van der Waals surface area contributed by atoms with Crippen molar-refractivity contribution in [3.8, 4) is 0 Å². The predicted octanol–water partition coefficient (Wildman–Crippen LogP) is 4.69. The van der Waals surface area contributed by atoms with Crippen LogP contribution in [0, 0.1) is 0 Å². The van der Waals surface area contributed by atoms with Gasteiger partial charge in [-0.2, -0.15) is 0 Å². The maximum atomic E-state index is 11.9. The fourth-order valence-corrected chi connectivity index (χ4v) is 3.03. The average Bonchev–Trinajstić information content (AvgIpc) is 2.58. The highest BCUT2D eigenvalue weighted by molar-refractivity contribution is 7.80. The number of esters is 1. The Kier molecular flexibility index (Phi) is 7.53. The SMILES string of the molecule is CCOC(=O)c1cc(NC(=S)NCCC2=CCCCC2)ccc1Cl. The lowest BCUT2D eigenvalue weighted by atomic mass is 9.97. The van der Waals surface area contributed by atoms with Crippen LogP contribution in [0.5, 0.6) is 0 Å². The van der Waals surface area contributed by atoms with Crippen molar-refractivity contribution in [2.45, 2.75) is 39.0 Å². The highest BCUT2D eigenvalue weighted by Crippen LogP contribution is 2.22. The maximum Gasteiger partial charge on any atom is 0.339 e. The van der Waals surface area contributed by atoms with Crippen LogP contribution in [0.1, 0.15) is 49.4 Å². The maximum absolute atomic E-state index is 11.9. The number of hydrogen-bond acceptors (Lipinski definition) is 3. The van der Waals surface area contributed by atoms with Crippen molar-refractivity contribution in [2.24, 2.45) is 0 Å². The monoisotopic (exact) mass is 366 g/mol. The summed E-state index contributed by atoms with van der Waals surface area (Å²) < 4.78 is 4.99. The average molecular weight is 367 g/mol. The van der Waals surface area contributed by atoms with E-state index in [2.05, 4.69) is 16.7 Å². The molecule has 6 heteroatoms. The number of ether oxygens (including phenoxy) is 1. The van der Waals surface area contributed by atoms with E-state index in [1.807, 2.05) is 0 Å². The molecule has 130 valence electrons. The van der Waals surface area contributed by atoms with Gasteiger partial charge in [0.15, 0.2) is 5.11 Å². The van der Waals surface area contributed by atoms with E-state index < -0.39 is 5.97 Å². The molecular weight excluding hydrogens is 344 g/mol. The molecule has 0 radical (unpaired) electrons. The van der Waals surface area contributed by atoms with Gasteiger partial charge in [0.05, 0.1) is 17.2 Å². The Hall–Kier alpha value is -1.59. The molecule has 2 rings (SSSR count). The molecule has 0 saturated heterocycles. The van der Waals surface area contributed by atoms with Crippen LogP contribution in [0.4, 0.5) is 5.69 Å². The molecule has 0 atom stereocenters. The zero-order valence-corrected chi connectivity index (χ0v) is 15.4. The third kappa shape index (κ3) is 5.80. The summed E-state index contributed by atoms with van der Waals surface area (Å²) in [7, 11) is 0.